The van der Waals surface area contributed by atoms with Gasteiger partial charge in [0.2, 0.25) is 0 Å². The molecule has 3 unspecified atom stereocenters. The molecule has 0 amide bonds. The van der Waals surface area contributed by atoms with Crippen LogP contribution in [0, 0.1) is 5.92 Å². The predicted molar refractivity (Wildman–Crippen MR) is 67.8 cm³/mol. The zero-order valence-electron chi connectivity index (χ0n) is 10.8. The van der Waals surface area contributed by atoms with Gasteiger partial charge in [-0.25, -0.2) is 0 Å². The van der Waals surface area contributed by atoms with E-state index in [1.165, 1.54) is 7.11 Å². The zero-order valence-corrected chi connectivity index (χ0v) is 11.6. The number of carbonyl (C=O) groups is 1. The van der Waals surface area contributed by atoms with E-state index in [0.717, 1.165) is 19.3 Å². The van der Waals surface area contributed by atoms with Crippen LogP contribution in [0.3, 0.4) is 0 Å². The molecule has 0 spiro atoms. The lowest BCUT2D eigenvalue weighted by molar-refractivity contribution is -0.140. The second kappa shape index (κ2) is 8.74. The highest BCUT2D eigenvalue weighted by molar-refractivity contribution is 7.86. The summed E-state index contributed by atoms with van der Waals surface area (Å²) in [5.74, 6) is 0.671. The van der Waals surface area contributed by atoms with Gasteiger partial charge < -0.3 is 4.74 Å². The molecule has 0 rings (SSSR count). The first kappa shape index (κ1) is 15.6. The van der Waals surface area contributed by atoms with Gasteiger partial charge in [-0.2, -0.15) is 0 Å². The Morgan fingerprint density at radius 1 is 1.38 bits per heavy atom. The maximum Gasteiger partial charge on any atom is 0.321 e. The van der Waals surface area contributed by atoms with Gasteiger partial charge in [-0.15, -0.1) is 0 Å². The summed E-state index contributed by atoms with van der Waals surface area (Å²) in [7, 11) is 0.269. The first-order valence-electron chi connectivity index (χ1n) is 6.01. The number of ether oxygens (including phenoxy) is 1. The third-order valence-electron chi connectivity index (χ3n) is 2.75. The molecule has 0 N–H and O–H groups in total. The molecule has 0 saturated carbocycles. The molecule has 0 fully saturated rings. The highest BCUT2D eigenvalue weighted by Crippen LogP contribution is 2.13. The predicted octanol–water partition coefficient (Wildman–Crippen LogP) is 2.51. The van der Waals surface area contributed by atoms with E-state index in [-0.39, 0.29) is 5.97 Å². The van der Waals surface area contributed by atoms with Gasteiger partial charge in [0.05, 0.1) is 7.11 Å². The zero-order chi connectivity index (χ0) is 12.6. The van der Waals surface area contributed by atoms with Crippen LogP contribution in [0.2, 0.25) is 0 Å². The largest absolute Gasteiger partial charge is 0.468 e. The van der Waals surface area contributed by atoms with Crippen LogP contribution in [-0.4, -0.2) is 28.3 Å². The van der Waals surface area contributed by atoms with E-state index in [1.54, 1.807) is 0 Å². The van der Waals surface area contributed by atoms with E-state index in [4.69, 9.17) is 4.74 Å². The first-order chi connectivity index (χ1) is 7.56. The van der Waals surface area contributed by atoms with Crippen molar-refractivity contribution < 1.29 is 13.7 Å². The standard InChI is InChI=1S/C12H24O3S/c1-5-7-8-11(12(13)15-4)16(14)9-10(3)6-2/h10-11H,5-9H2,1-4H3. The molecule has 0 saturated heterocycles. The minimum absolute atomic E-state index is 0.324. The minimum atomic E-state index is -1.09. The molecule has 3 nitrogen and oxygen atoms in total. The highest BCUT2D eigenvalue weighted by atomic mass is 32.2. The number of esters is 1. The molecule has 0 heterocycles. The molecule has 0 aromatic rings. The highest BCUT2D eigenvalue weighted by Gasteiger charge is 2.26. The molecule has 0 radical (unpaired) electrons. The molecule has 16 heavy (non-hydrogen) atoms. The van der Waals surface area contributed by atoms with Crippen LogP contribution in [0.4, 0.5) is 0 Å². The Hall–Kier alpha value is -0.380. The Balaban J connectivity index is 4.37. The fraction of sp³-hybridized carbons (Fsp3) is 0.917. The van der Waals surface area contributed by atoms with Gasteiger partial charge in [0, 0.05) is 16.6 Å². The summed E-state index contributed by atoms with van der Waals surface area (Å²) in [5, 5.41) is -0.432. The number of rotatable bonds is 8. The van der Waals surface area contributed by atoms with Crippen LogP contribution in [0.15, 0.2) is 0 Å². The van der Waals surface area contributed by atoms with Crippen molar-refractivity contribution in [3.8, 4) is 0 Å². The molecule has 4 heteroatoms. The molecule has 96 valence electrons. The van der Waals surface area contributed by atoms with Gasteiger partial charge in [0.1, 0.15) is 5.25 Å². The number of hydrogen-bond acceptors (Lipinski definition) is 3. The van der Waals surface area contributed by atoms with E-state index >= 15 is 0 Å². The Morgan fingerprint density at radius 3 is 2.44 bits per heavy atom. The molecule has 0 aliphatic rings. The van der Waals surface area contributed by atoms with Crippen molar-refractivity contribution in [2.75, 3.05) is 12.9 Å². The number of hydrogen-bond donors (Lipinski definition) is 0. The Labute approximate surface area is 101 Å². The molecule has 0 aliphatic heterocycles. The van der Waals surface area contributed by atoms with Gasteiger partial charge >= 0.3 is 5.97 Å². The number of methoxy groups -OCH3 is 1. The lowest BCUT2D eigenvalue weighted by Gasteiger charge is -2.16. The Kier molecular flexibility index (Phi) is 8.53. The summed E-state index contributed by atoms with van der Waals surface area (Å²) in [6, 6.07) is 0. The first-order valence-corrected chi connectivity index (χ1v) is 7.39. The van der Waals surface area contributed by atoms with E-state index in [2.05, 4.69) is 20.8 Å². The lowest BCUT2D eigenvalue weighted by atomic mass is 10.2. The SMILES string of the molecule is CCCCC(C(=O)OC)S(=O)CC(C)CC. The topological polar surface area (TPSA) is 43.4 Å². The molecule has 0 bridgehead atoms. The second-order valence-electron chi connectivity index (χ2n) is 4.21. The number of carbonyl (C=O) groups excluding carboxylic acids is 1. The van der Waals surface area contributed by atoms with Gasteiger partial charge in [0.15, 0.2) is 0 Å². The molecule has 0 aliphatic carbocycles. The fourth-order valence-corrected chi connectivity index (χ4v) is 3.16. The average molecular weight is 248 g/mol. The lowest BCUT2D eigenvalue weighted by Crippen LogP contribution is -2.30. The van der Waals surface area contributed by atoms with Crippen molar-refractivity contribution in [2.24, 2.45) is 5.92 Å². The van der Waals surface area contributed by atoms with Gasteiger partial charge in [-0.1, -0.05) is 40.0 Å². The van der Waals surface area contributed by atoms with Crippen LogP contribution < -0.4 is 0 Å². The van der Waals surface area contributed by atoms with Crippen molar-refractivity contribution in [3.63, 3.8) is 0 Å². The molecule has 0 aromatic carbocycles. The van der Waals surface area contributed by atoms with Crippen molar-refractivity contribution >= 4 is 16.8 Å². The van der Waals surface area contributed by atoms with Crippen molar-refractivity contribution in [3.05, 3.63) is 0 Å². The van der Waals surface area contributed by atoms with Gasteiger partial charge in [-0.3, -0.25) is 9.00 Å². The monoisotopic (exact) mass is 248 g/mol. The van der Waals surface area contributed by atoms with E-state index < -0.39 is 16.0 Å². The summed E-state index contributed by atoms with van der Waals surface area (Å²) in [4.78, 5) is 11.5. The quantitative estimate of drug-likeness (QED) is 0.620. The summed E-state index contributed by atoms with van der Waals surface area (Å²) >= 11 is 0. The average Bonchev–Trinajstić information content (AvgIpc) is 2.28. The molecule has 3 atom stereocenters. The molecule has 0 aromatic heterocycles. The van der Waals surface area contributed by atoms with Crippen molar-refractivity contribution in [2.45, 2.75) is 51.7 Å². The van der Waals surface area contributed by atoms with Gasteiger partial charge in [-0.05, 0) is 12.3 Å². The van der Waals surface area contributed by atoms with Crippen LogP contribution in [0.25, 0.3) is 0 Å². The van der Waals surface area contributed by atoms with Crippen LogP contribution in [0.5, 0.6) is 0 Å². The second-order valence-corrected chi connectivity index (χ2v) is 5.88. The van der Waals surface area contributed by atoms with Crippen molar-refractivity contribution in [1.29, 1.82) is 0 Å². The summed E-state index contributed by atoms with van der Waals surface area (Å²) in [6.07, 6.45) is 3.60. The number of unbranched alkanes of at least 4 members (excludes halogenated alkanes) is 1. The third kappa shape index (κ3) is 5.64. The van der Waals surface area contributed by atoms with Crippen LogP contribution in [0.1, 0.15) is 46.5 Å². The Bertz CT molecular complexity index is 228. The van der Waals surface area contributed by atoms with Crippen molar-refractivity contribution in [1.82, 2.24) is 0 Å². The van der Waals surface area contributed by atoms with E-state index in [9.17, 15) is 9.00 Å². The summed E-state index contributed by atoms with van der Waals surface area (Å²) in [5.41, 5.74) is 0. The Morgan fingerprint density at radius 2 is 2.00 bits per heavy atom. The maximum atomic E-state index is 12.0. The van der Waals surface area contributed by atoms with Crippen LogP contribution >= 0.6 is 0 Å². The fourth-order valence-electron chi connectivity index (χ4n) is 1.39. The molecular formula is C12H24O3S. The minimum Gasteiger partial charge on any atom is -0.468 e. The third-order valence-corrected chi connectivity index (χ3v) is 4.71. The van der Waals surface area contributed by atoms with E-state index in [0.29, 0.717) is 18.1 Å². The summed E-state index contributed by atoms with van der Waals surface area (Å²) < 4.78 is 16.7. The molecular weight excluding hydrogens is 224 g/mol. The van der Waals surface area contributed by atoms with Gasteiger partial charge in [0.25, 0.3) is 0 Å². The normalized spacial score (nSPS) is 16.5. The van der Waals surface area contributed by atoms with Crippen LogP contribution in [-0.2, 0) is 20.3 Å². The maximum absolute atomic E-state index is 12.0. The summed E-state index contributed by atoms with van der Waals surface area (Å²) in [6.45, 7) is 6.19. The van der Waals surface area contributed by atoms with E-state index in [1.807, 2.05) is 0 Å². The smallest absolute Gasteiger partial charge is 0.321 e.